The molecule has 1 aliphatic carbocycles. The smallest absolute Gasteiger partial charge is 0.165 e. The van der Waals surface area contributed by atoms with Crippen LogP contribution in [0.2, 0.25) is 0 Å². The van der Waals surface area contributed by atoms with Gasteiger partial charge >= 0.3 is 0 Å². The normalized spacial score (nSPS) is 24.4. The fraction of sp³-hybridized carbons (Fsp3) is 0.647. The van der Waals surface area contributed by atoms with Crippen LogP contribution < -0.4 is 10.1 Å². The van der Waals surface area contributed by atoms with Gasteiger partial charge in [-0.2, -0.15) is 0 Å². The molecular formula is C17H26FNO. The van der Waals surface area contributed by atoms with Gasteiger partial charge in [-0.1, -0.05) is 25.8 Å². The molecule has 3 atom stereocenters. The van der Waals surface area contributed by atoms with E-state index in [0.717, 1.165) is 24.3 Å². The molecule has 3 unspecified atom stereocenters. The van der Waals surface area contributed by atoms with Crippen LogP contribution in [0.25, 0.3) is 0 Å². The molecule has 2 rings (SSSR count). The molecule has 0 heterocycles. The van der Waals surface area contributed by atoms with Crippen LogP contribution in [0, 0.1) is 11.7 Å². The molecule has 0 radical (unpaired) electrons. The van der Waals surface area contributed by atoms with Crippen LogP contribution in [0.1, 0.15) is 57.6 Å². The summed E-state index contributed by atoms with van der Waals surface area (Å²) in [7, 11) is 1.87. The highest BCUT2D eigenvalue weighted by Gasteiger charge is 2.23. The summed E-state index contributed by atoms with van der Waals surface area (Å²) in [4.78, 5) is 0. The summed E-state index contributed by atoms with van der Waals surface area (Å²) in [5.41, 5.74) is 0.951. The monoisotopic (exact) mass is 279 g/mol. The molecule has 20 heavy (non-hydrogen) atoms. The maximum Gasteiger partial charge on any atom is 0.165 e. The van der Waals surface area contributed by atoms with Gasteiger partial charge in [0.25, 0.3) is 0 Å². The third-order valence-electron chi connectivity index (χ3n) is 4.49. The average molecular weight is 279 g/mol. The lowest BCUT2D eigenvalue weighted by molar-refractivity contribution is 0.117. The Morgan fingerprint density at radius 3 is 2.85 bits per heavy atom. The molecule has 1 N–H and O–H groups in total. The Labute approximate surface area is 121 Å². The van der Waals surface area contributed by atoms with Gasteiger partial charge in [-0.15, -0.1) is 0 Å². The number of rotatable bonds is 5. The first-order valence-corrected chi connectivity index (χ1v) is 7.77. The SMILES string of the molecule is CCC1CCCC(Oc2ccc(C(C)NC)cc2F)C1. The quantitative estimate of drug-likeness (QED) is 0.859. The van der Waals surface area contributed by atoms with Crippen molar-refractivity contribution in [2.45, 2.75) is 58.1 Å². The molecule has 0 aromatic heterocycles. The van der Waals surface area contributed by atoms with E-state index < -0.39 is 0 Å². The first kappa shape index (κ1) is 15.3. The highest BCUT2D eigenvalue weighted by Crippen LogP contribution is 2.31. The largest absolute Gasteiger partial charge is 0.487 e. The van der Waals surface area contributed by atoms with Crippen molar-refractivity contribution in [3.05, 3.63) is 29.6 Å². The minimum Gasteiger partial charge on any atom is -0.487 e. The maximum absolute atomic E-state index is 14.1. The van der Waals surface area contributed by atoms with Crippen LogP contribution in [0.4, 0.5) is 4.39 Å². The van der Waals surface area contributed by atoms with Crippen LogP contribution in [0.15, 0.2) is 18.2 Å². The fourth-order valence-electron chi connectivity index (χ4n) is 2.95. The van der Waals surface area contributed by atoms with Crippen molar-refractivity contribution in [2.75, 3.05) is 7.05 Å². The molecule has 1 aliphatic rings. The molecule has 0 aliphatic heterocycles. The number of nitrogens with one attached hydrogen (secondary N) is 1. The zero-order valence-corrected chi connectivity index (χ0v) is 12.8. The molecule has 1 fully saturated rings. The summed E-state index contributed by atoms with van der Waals surface area (Å²) in [5, 5.41) is 3.12. The molecule has 0 spiro atoms. The second-order valence-corrected chi connectivity index (χ2v) is 5.88. The minimum atomic E-state index is -0.247. The Morgan fingerprint density at radius 2 is 2.20 bits per heavy atom. The molecule has 0 bridgehead atoms. The Kier molecular flexibility index (Phi) is 5.41. The van der Waals surface area contributed by atoms with Gasteiger partial charge in [0.15, 0.2) is 11.6 Å². The Bertz CT molecular complexity index is 435. The van der Waals surface area contributed by atoms with Crippen molar-refractivity contribution in [1.82, 2.24) is 5.32 Å². The highest BCUT2D eigenvalue weighted by molar-refractivity contribution is 5.31. The fourth-order valence-corrected chi connectivity index (χ4v) is 2.95. The van der Waals surface area contributed by atoms with Crippen molar-refractivity contribution >= 4 is 0 Å². The van der Waals surface area contributed by atoms with Gasteiger partial charge in [-0.3, -0.25) is 0 Å². The number of hydrogen-bond acceptors (Lipinski definition) is 2. The Balaban J connectivity index is 2.02. The van der Waals surface area contributed by atoms with Gasteiger partial charge in [0.2, 0.25) is 0 Å². The van der Waals surface area contributed by atoms with Gasteiger partial charge < -0.3 is 10.1 Å². The highest BCUT2D eigenvalue weighted by atomic mass is 19.1. The summed E-state index contributed by atoms with van der Waals surface area (Å²) in [6.45, 7) is 4.24. The second kappa shape index (κ2) is 7.07. The van der Waals surface area contributed by atoms with Gasteiger partial charge in [0.05, 0.1) is 6.10 Å². The number of halogens is 1. The summed E-state index contributed by atoms with van der Waals surface area (Å²) >= 11 is 0. The molecule has 3 heteroatoms. The lowest BCUT2D eigenvalue weighted by Crippen LogP contribution is -2.25. The molecule has 1 aromatic rings. The van der Waals surface area contributed by atoms with Crippen LogP contribution in [0.5, 0.6) is 5.75 Å². The average Bonchev–Trinajstić information content (AvgIpc) is 2.48. The van der Waals surface area contributed by atoms with Crippen molar-refractivity contribution in [3.63, 3.8) is 0 Å². The third-order valence-corrected chi connectivity index (χ3v) is 4.49. The molecule has 1 saturated carbocycles. The molecule has 0 saturated heterocycles. The van der Waals surface area contributed by atoms with Crippen molar-refractivity contribution in [2.24, 2.45) is 5.92 Å². The van der Waals surface area contributed by atoms with E-state index in [0.29, 0.717) is 5.75 Å². The molecule has 0 amide bonds. The Hall–Kier alpha value is -1.09. The number of hydrogen-bond donors (Lipinski definition) is 1. The van der Waals surface area contributed by atoms with Crippen molar-refractivity contribution in [1.29, 1.82) is 0 Å². The summed E-state index contributed by atoms with van der Waals surface area (Å²) < 4.78 is 20.0. The van der Waals surface area contributed by atoms with E-state index in [2.05, 4.69) is 12.2 Å². The Morgan fingerprint density at radius 1 is 1.40 bits per heavy atom. The van der Waals surface area contributed by atoms with Crippen LogP contribution in [-0.2, 0) is 0 Å². The first-order chi connectivity index (χ1) is 9.63. The van der Waals surface area contributed by atoms with Crippen molar-refractivity contribution < 1.29 is 9.13 Å². The molecule has 2 nitrogen and oxygen atoms in total. The number of ether oxygens (including phenoxy) is 1. The van der Waals surface area contributed by atoms with Crippen LogP contribution in [-0.4, -0.2) is 13.2 Å². The standard InChI is InChI=1S/C17H26FNO/c1-4-13-6-5-7-15(10-13)20-17-9-8-14(11-16(17)18)12(2)19-3/h8-9,11-13,15,19H,4-7,10H2,1-3H3. The molecular weight excluding hydrogens is 253 g/mol. The van der Waals surface area contributed by atoms with E-state index >= 15 is 0 Å². The molecule has 1 aromatic carbocycles. The van der Waals surface area contributed by atoms with Gasteiger partial charge in [-0.05, 0) is 56.8 Å². The zero-order chi connectivity index (χ0) is 14.5. The second-order valence-electron chi connectivity index (χ2n) is 5.88. The predicted molar refractivity (Wildman–Crippen MR) is 80.5 cm³/mol. The minimum absolute atomic E-state index is 0.151. The van der Waals surface area contributed by atoms with Gasteiger partial charge in [-0.25, -0.2) is 4.39 Å². The van der Waals surface area contributed by atoms with E-state index in [1.807, 2.05) is 20.0 Å². The van der Waals surface area contributed by atoms with Gasteiger partial charge in [0, 0.05) is 6.04 Å². The van der Waals surface area contributed by atoms with E-state index in [9.17, 15) is 4.39 Å². The van der Waals surface area contributed by atoms with E-state index in [1.54, 1.807) is 12.1 Å². The van der Waals surface area contributed by atoms with E-state index in [4.69, 9.17) is 4.74 Å². The summed E-state index contributed by atoms with van der Waals surface area (Å²) in [6, 6.07) is 5.45. The van der Waals surface area contributed by atoms with Crippen LogP contribution >= 0.6 is 0 Å². The first-order valence-electron chi connectivity index (χ1n) is 7.77. The summed E-state index contributed by atoms with van der Waals surface area (Å²) in [5.74, 6) is 0.891. The zero-order valence-electron chi connectivity index (χ0n) is 12.8. The maximum atomic E-state index is 14.1. The number of benzene rings is 1. The molecule has 112 valence electrons. The topological polar surface area (TPSA) is 21.3 Å². The third kappa shape index (κ3) is 3.72. The van der Waals surface area contributed by atoms with E-state index in [1.165, 1.54) is 19.3 Å². The lowest BCUT2D eigenvalue weighted by Gasteiger charge is -2.29. The van der Waals surface area contributed by atoms with Crippen molar-refractivity contribution in [3.8, 4) is 5.75 Å². The predicted octanol–water partition coefficient (Wildman–Crippen LogP) is 4.45. The van der Waals surface area contributed by atoms with Crippen LogP contribution in [0.3, 0.4) is 0 Å². The summed E-state index contributed by atoms with van der Waals surface area (Å²) in [6.07, 6.45) is 5.96. The lowest BCUT2D eigenvalue weighted by atomic mass is 9.85. The van der Waals surface area contributed by atoms with Gasteiger partial charge in [0.1, 0.15) is 0 Å². The van der Waals surface area contributed by atoms with E-state index in [-0.39, 0.29) is 18.0 Å².